The van der Waals surface area contributed by atoms with Crippen molar-refractivity contribution in [3.63, 3.8) is 0 Å². The molecular weight excluding hydrogens is 214 g/mol. The highest BCUT2D eigenvalue weighted by Gasteiger charge is 2.05. The Labute approximate surface area is 94.4 Å². The van der Waals surface area contributed by atoms with Gasteiger partial charge in [-0.2, -0.15) is 12.6 Å². The molecule has 1 aromatic heterocycles. The summed E-state index contributed by atoms with van der Waals surface area (Å²) in [6.45, 7) is 5.05. The molecule has 0 aromatic carbocycles. The molecule has 1 atom stereocenters. The smallest absolute Gasteiger partial charge is 0.303 e. The Kier molecular flexibility index (Phi) is 4.75. The predicted molar refractivity (Wildman–Crippen MR) is 65.6 cm³/mol. The van der Waals surface area contributed by atoms with Crippen molar-refractivity contribution in [3.05, 3.63) is 20.7 Å². The van der Waals surface area contributed by atoms with Crippen LogP contribution in [0.3, 0.4) is 0 Å². The van der Waals surface area contributed by atoms with E-state index in [-0.39, 0.29) is 4.87 Å². The lowest BCUT2D eigenvalue weighted by Crippen LogP contribution is -2.16. The van der Waals surface area contributed by atoms with Crippen LogP contribution in [0.15, 0.2) is 10.2 Å². The highest BCUT2D eigenvalue weighted by atomic mass is 32.1. The highest BCUT2D eigenvalue weighted by molar-refractivity contribution is 7.80. The molecule has 0 saturated heterocycles. The highest BCUT2D eigenvalue weighted by Crippen LogP contribution is 2.10. The van der Waals surface area contributed by atoms with Gasteiger partial charge in [0.25, 0.3) is 0 Å². The second-order valence-electron chi connectivity index (χ2n) is 3.70. The van der Waals surface area contributed by atoms with E-state index in [4.69, 9.17) is 0 Å². The molecule has 0 N–H and O–H groups in total. The van der Waals surface area contributed by atoms with Crippen molar-refractivity contribution in [2.24, 2.45) is 5.92 Å². The molecule has 0 spiro atoms. The second kappa shape index (κ2) is 5.61. The van der Waals surface area contributed by atoms with Crippen molar-refractivity contribution in [1.29, 1.82) is 0 Å². The number of aromatic nitrogens is 1. The van der Waals surface area contributed by atoms with Crippen molar-refractivity contribution >= 4 is 24.0 Å². The van der Waals surface area contributed by atoms with Gasteiger partial charge < -0.3 is 4.57 Å². The average Bonchev–Trinajstić information content (AvgIpc) is 2.44. The molecule has 1 aromatic rings. The first-order chi connectivity index (χ1) is 6.65. The molecule has 0 aliphatic rings. The third-order valence-corrected chi connectivity index (χ3v) is 3.58. The van der Waals surface area contributed by atoms with Gasteiger partial charge in [-0.1, -0.05) is 18.3 Å². The standard InChI is InChI=1S/C10H17NOS2/c1-8(4-6-13)3-5-11-9(2)7-14-10(11)12/h7-8,13H,3-6H2,1-2H3. The van der Waals surface area contributed by atoms with Crippen LogP contribution in [0.1, 0.15) is 25.5 Å². The van der Waals surface area contributed by atoms with Gasteiger partial charge in [0.2, 0.25) is 0 Å². The number of rotatable bonds is 5. The molecule has 0 amide bonds. The lowest BCUT2D eigenvalue weighted by atomic mass is 10.1. The third-order valence-electron chi connectivity index (χ3n) is 2.44. The fourth-order valence-corrected chi connectivity index (χ4v) is 2.59. The molecule has 14 heavy (non-hydrogen) atoms. The minimum Gasteiger partial charge on any atom is -0.303 e. The van der Waals surface area contributed by atoms with Crippen LogP contribution >= 0.6 is 24.0 Å². The second-order valence-corrected chi connectivity index (χ2v) is 4.97. The van der Waals surface area contributed by atoms with Crippen molar-refractivity contribution in [1.82, 2.24) is 4.57 Å². The fraction of sp³-hybridized carbons (Fsp3) is 0.700. The Morgan fingerprint density at radius 1 is 1.57 bits per heavy atom. The zero-order valence-corrected chi connectivity index (χ0v) is 10.4. The van der Waals surface area contributed by atoms with Gasteiger partial charge in [-0.25, -0.2) is 0 Å². The molecule has 1 unspecified atom stereocenters. The van der Waals surface area contributed by atoms with Crippen molar-refractivity contribution < 1.29 is 0 Å². The summed E-state index contributed by atoms with van der Waals surface area (Å²) in [4.78, 5) is 11.5. The molecule has 80 valence electrons. The molecule has 0 radical (unpaired) electrons. The topological polar surface area (TPSA) is 22.0 Å². The van der Waals surface area contributed by atoms with Crippen LogP contribution in [0.25, 0.3) is 0 Å². The maximum absolute atomic E-state index is 11.4. The number of aryl methyl sites for hydroxylation is 1. The van der Waals surface area contributed by atoms with E-state index in [2.05, 4.69) is 19.6 Å². The van der Waals surface area contributed by atoms with Crippen LogP contribution in [0.4, 0.5) is 0 Å². The van der Waals surface area contributed by atoms with Gasteiger partial charge in [-0.15, -0.1) is 0 Å². The molecule has 1 heterocycles. The fourth-order valence-electron chi connectivity index (χ4n) is 1.39. The van der Waals surface area contributed by atoms with E-state index < -0.39 is 0 Å². The van der Waals surface area contributed by atoms with E-state index in [1.807, 2.05) is 16.9 Å². The Bertz CT molecular complexity index is 329. The van der Waals surface area contributed by atoms with Crippen molar-refractivity contribution in [2.75, 3.05) is 5.75 Å². The van der Waals surface area contributed by atoms with Crippen LogP contribution in [0, 0.1) is 12.8 Å². The van der Waals surface area contributed by atoms with E-state index in [0.717, 1.165) is 30.8 Å². The minimum absolute atomic E-state index is 0.167. The third kappa shape index (κ3) is 3.17. The van der Waals surface area contributed by atoms with Crippen LogP contribution in [-0.2, 0) is 6.54 Å². The summed E-state index contributed by atoms with van der Waals surface area (Å²) in [5.41, 5.74) is 1.08. The number of thiol groups is 1. The van der Waals surface area contributed by atoms with E-state index in [1.165, 1.54) is 11.3 Å². The summed E-state index contributed by atoms with van der Waals surface area (Å²) in [6.07, 6.45) is 2.19. The van der Waals surface area contributed by atoms with E-state index >= 15 is 0 Å². The van der Waals surface area contributed by atoms with Gasteiger partial charge in [0, 0.05) is 17.6 Å². The molecular formula is C10H17NOS2. The van der Waals surface area contributed by atoms with Gasteiger partial charge in [-0.3, -0.25) is 4.79 Å². The number of hydrogen-bond donors (Lipinski definition) is 1. The van der Waals surface area contributed by atoms with Crippen LogP contribution in [-0.4, -0.2) is 10.3 Å². The van der Waals surface area contributed by atoms with Crippen molar-refractivity contribution in [3.8, 4) is 0 Å². The van der Waals surface area contributed by atoms with Crippen LogP contribution < -0.4 is 4.87 Å². The summed E-state index contributed by atoms with van der Waals surface area (Å²) in [7, 11) is 0. The SMILES string of the molecule is Cc1csc(=O)n1CCC(C)CCS. The summed E-state index contributed by atoms with van der Waals surface area (Å²) in [5.74, 6) is 1.58. The number of hydrogen-bond acceptors (Lipinski definition) is 3. The molecule has 0 saturated carbocycles. The molecule has 0 aliphatic carbocycles. The summed E-state index contributed by atoms with van der Waals surface area (Å²) in [6, 6.07) is 0. The summed E-state index contributed by atoms with van der Waals surface area (Å²) < 4.78 is 1.86. The largest absolute Gasteiger partial charge is 0.307 e. The van der Waals surface area contributed by atoms with Gasteiger partial charge in [0.15, 0.2) is 0 Å². The van der Waals surface area contributed by atoms with E-state index in [1.54, 1.807) is 0 Å². The Hall–Kier alpha value is -0.220. The first kappa shape index (κ1) is 11.9. The minimum atomic E-state index is 0.167. The van der Waals surface area contributed by atoms with Gasteiger partial charge >= 0.3 is 4.87 Å². The van der Waals surface area contributed by atoms with Gasteiger partial charge in [0.1, 0.15) is 0 Å². The zero-order chi connectivity index (χ0) is 10.6. The van der Waals surface area contributed by atoms with Gasteiger partial charge in [-0.05, 0) is 31.4 Å². The number of thiazole rings is 1. The quantitative estimate of drug-likeness (QED) is 0.773. The van der Waals surface area contributed by atoms with Crippen LogP contribution in [0.2, 0.25) is 0 Å². The van der Waals surface area contributed by atoms with E-state index in [0.29, 0.717) is 5.92 Å². The first-order valence-electron chi connectivity index (χ1n) is 4.91. The lowest BCUT2D eigenvalue weighted by molar-refractivity contribution is 0.465. The van der Waals surface area contributed by atoms with Gasteiger partial charge in [0.05, 0.1) is 0 Å². The molecule has 2 nitrogen and oxygen atoms in total. The molecule has 0 bridgehead atoms. The Morgan fingerprint density at radius 2 is 2.29 bits per heavy atom. The zero-order valence-electron chi connectivity index (χ0n) is 8.69. The first-order valence-corrected chi connectivity index (χ1v) is 6.42. The average molecular weight is 231 g/mol. The summed E-state index contributed by atoms with van der Waals surface area (Å²) in [5, 5.41) is 1.92. The normalized spacial score (nSPS) is 13.1. The Balaban J connectivity index is 2.49. The van der Waals surface area contributed by atoms with E-state index in [9.17, 15) is 4.79 Å². The molecule has 4 heteroatoms. The molecule has 0 fully saturated rings. The number of nitrogens with zero attached hydrogens (tertiary/aromatic N) is 1. The maximum atomic E-state index is 11.4. The Morgan fingerprint density at radius 3 is 2.79 bits per heavy atom. The lowest BCUT2D eigenvalue weighted by Gasteiger charge is -2.10. The monoisotopic (exact) mass is 231 g/mol. The predicted octanol–water partition coefficient (Wildman–Crippen LogP) is 2.56. The van der Waals surface area contributed by atoms with Crippen molar-refractivity contribution in [2.45, 2.75) is 33.2 Å². The molecule has 1 rings (SSSR count). The summed E-state index contributed by atoms with van der Waals surface area (Å²) >= 11 is 5.49. The van der Waals surface area contributed by atoms with Crippen LogP contribution in [0.5, 0.6) is 0 Å². The maximum Gasteiger partial charge on any atom is 0.307 e. The molecule has 0 aliphatic heterocycles.